The molecule has 7 heteroatoms. The lowest BCUT2D eigenvalue weighted by atomic mass is 9.91. The SMILES string of the molecule is CCC1C(=O)NC(=O)CN1S(=O)(=O)CC1CCCCC1. The molecule has 1 saturated carbocycles. The van der Waals surface area contributed by atoms with Crippen molar-refractivity contribution in [3.8, 4) is 0 Å². The summed E-state index contributed by atoms with van der Waals surface area (Å²) in [6, 6.07) is -0.749. The predicted octanol–water partition coefficient (Wildman–Crippen LogP) is 0.633. The maximum absolute atomic E-state index is 12.5. The highest BCUT2D eigenvalue weighted by molar-refractivity contribution is 7.89. The number of imide groups is 1. The molecule has 114 valence electrons. The third kappa shape index (κ3) is 3.38. The molecule has 1 atom stereocenters. The van der Waals surface area contributed by atoms with Crippen LogP contribution in [0.25, 0.3) is 0 Å². The van der Waals surface area contributed by atoms with Crippen LogP contribution >= 0.6 is 0 Å². The number of carbonyl (C=O) groups excluding carboxylic acids is 2. The molecule has 0 aromatic heterocycles. The average molecular weight is 302 g/mol. The summed E-state index contributed by atoms with van der Waals surface area (Å²) in [6.07, 6.45) is 5.52. The molecule has 0 radical (unpaired) electrons. The van der Waals surface area contributed by atoms with E-state index in [1.54, 1.807) is 6.92 Å². The fourth-order valence-corrected chi connectivity index (χ4v) is 5.14. The maximum Gasteiger partial charge on any atom is 0.245 e. The van der Waals surface area contributed by atoms with Gasteiger partial charge in [-0.05, 0) is 25.2 Å². The molecule has 2 rings (SSSR count). The zero-order chi connectivity index (χ0) is 14.8. The van der Waals surface area contributed by atoms with E-state index in [-0.39, 0.29) is 18.2 Å². The zero-order valence-corrected chi connectivity index (χ0v) is 12.6. The number of nitrogens with zero attached hydrogens (tertiary/aromatic N) is 1. The first-order valence-corrected chi connectivity index (χ1v) is 8.88. The number of piperazine rings is 1. The van der Waals surface area contributed by atoms with Crippen molar-refractivity contribution in [2.24, 2.45) is 5.92 Å². The van der Waals surface area contributed by atoms with Gasteiger partial charge in [0.1, 0.15) is 6.04 Å². The lowest BCUT2D eigenvalue weighted by Crippen LogP contribution is -2.60. The summed E-state index contributed by atoms with van der Waals surface area (Å²) in [4.78, 5) is 23.2. The van der Waals surface area contributed by atoms with Gasteiger partial charge in [0.05, 0.1) is 12.3 Å². The third-order valence-corrected chi connectivity index (χ3v) is 6.12. The monoisotopic (exact) mass is 302 g/mol. The molecule has 20 heavy (non-hydrogen) atoms. The molecule has 2 fully saturated rings. The molecule has 0 spiro atoms. The van der Waals surface area contributed by atoms with Crippen LogP contribution in [0.4, 0.5) is 0 Å². The standard InChI is InChI=1S/C13H22N2O4S/c1-2-11-13(17)14-12(16)8-15(11)20(18,19)9-10-6-4-3-5-7-10/h10-11H,2-9H2,1H3,(H,14,16,17). The summed E-state index contributed by atoms with van der Waals surface area (Å²) < 4.78 is 26.1. The van der Waals surface area contributed by atoms with Crippen LogP contribution in [0.2, 0.25) is 0 Å². The Hall–Kier alpha value is -0.950. The minimum Gasteiger partial charge on any atom is -0.294 e. The van der Waals surface area contributed by atoms with E-state index in [1.165, 1.54) is 6.42 Å². The molecule has 2 aliphatic rings. The van der Waals surface area contributed by atoms with Gasteiger partial charge in [-0.25, -0.2) is 8.42 Å². The lowest BCUT2D eigenvalue weighted by Gasteiger charge is -2.34. The normalized spacial score (nSPS) is 26.6. The first-order valence-electron chi connectivity index (χ1n) is 7.27. The van der Waals surface area contributed by atoms with E-state index in [1.807, 2.05) is 0 Å². The fraction of sp³-hybridized carbons (Fsp3) is 0.846. The molecule has 0 aromatic carbocycles. The van der Waals surface area contributed by atoms with Crippen molar-refractivity contribution in [1.82, 2.24) is 9.62 Å². The molecular formula is C13H22N2O4S. The molecule has 6 nitrogen and oxygen atoms in total. The van der Waals surface area contributed by atoms with E-state index >= 15 is 0 Å². The van der Waals surface area contributed by atoms with Crippen molar-refractivity contribution in [2.75, 3.05) is 12.3 Å². The molecule has 1 N–H and O–H groups in total. The molecule has 0 aromatic rings. The van der Waals surface area contributed by atoms with E-state index < -0.39 is 27.9 Å². The smallest absolute Gasteiger partial charge is 0.245 e. The molecule has 1 aliphatic carbocycles. The van der Waals surface area contributed by atoms with Gasteiger partial charge in [0.15, 0.2) is 0 Å². The summed E-state index contributed by atoms with van der Waals surface area (Å²) in [5.74, 6) is -0.821. The summed E-state index contributed by atoms with van der Waals surface area (Å²) >= 11 is 0. The van der Waals surface area contributed by atoms with Crippen molar-refractivity contribution in [3.63, 3.8) is 0 Å². The van der Waals surface area contributed by atoms with Crippen molar-refractivity contribution in [3.05, 3.63) is 0 Å². The third-order valence-electron chi connectivity index (χ3n) is 4.13. The van der Waals surface area contributed by atoms with Crippen LogP contribution in [-0.4, -0.2) is 42.9 Å². The zero-order valence-electron chi connectivity index (χ0n) is 11.8. The van der Waals surface area contributed by atoms with Gasteiger partial charge in [-0.1, -0.05) is 26.2 Å². The number of hydrogen-bond acceptors (Lipinski definition) is 4. The number of rotatable bonds is 4. The van der Waals surface area contributed by atoms with Gasteiger partial charge in [0, 0.05) is 0 Å². The summed E-state index contributed by atoms with van der Waals surface area (Å²) in [5, 5.41) is 2.20. The van der Waals surface area contributed by atoms with Crippen molar-refractivity contribution < 1.29 is 18.0 Å². The summed E-state index contributed by atoms with van der Waals surface area (Å²) in [7, 11) is -3.56. The van der Waals surface area contributed by atoms with Crippen LogP contribution < -0.4 is 5.32 Å². The van der Waals surface area contributed by atoms with Crippen molar-refractivity contribution >= 4 is 21.8 Å². The molecule has 1 unspecified atom stereocenters. The minimum absolute atomic E-state index is 0.0596. The van der Waals surface area contributed by atoms with Gasteiger partial charge in [-0.3, -0.25) is 14.9 Å². The first-order chi connectivity index (χ1) is 9.44. The lowest BCUT2D eigenvalue weighted by molar-refractivity contribution is -0.137. The first kappa shape index (κ1) is 15.4. The fourth-order valence-electron chi connectivity index (χ4n) is 3.07. The van der Waals surface area contributed by atoms with E-state index in [4.69, 9.17) is 0 Å². The van der Waals surface area contributed by atoms with Crippen LogP contribution in [0.15, 0.2) is 0 Å². The molecule has 1 aliphatic heterocycles. The maximum atomic E-state index is 12.5. The Balaban J connectivity index is 2.13. The quantitative estimate of drug-likeness (QED) is 0.772. The molecule has 0 bridgehead atoms. The Kier molecular flexibility index (Phi) is 4.80. The van der Waals surface area contributed by atoms with Crippen LogP contribution in [0.1, 0.15) is 45.4 Å². The van der Waals surface area contributed by atoms with Crippen LogP contribution in [-0.2, 0) is 19.6 Å². The highest BCUT2D eigenvalue weighted by Gasteiger charge is 2.40. The van der Waals surface area contributed by atoms with Crippen molar-refractivity contribution in [1.29, 1.82) is 0 Å². The van der Waals surface area contributed by atoms with Gasteiger partial charge in [-0.15, -0.1) is 0 Å². The predicted molar refractivity (Wildman–Crippen MR) is 74.3 cm³/mol. The Morgan fingerprint density at radius 3 is 2.45 bits per heavy atom. The van der Waals surface area contributed by atoms with E-state index in [2.05, 4.69) is 5.32 Å². The number of sulfonamides is 1. The number of hydrogen-bond donors (Lipinski definition) is 1. The van der Waals surface area contributed by atoms with Gasteiger partial charge in [0.25, 0.3) is 0 Å². The van der Waals surface area contributed by atoms with Gasteiger partial charge >= 0.3 is 0 Å². The average Bonchev–Trinajstić information content (AvgIpc) is 2.38. The van der Waals surface area contributed by atoms with Crippen LogP contribution in [0.3, 0.4) is 0 Å². The Bertz CT molecular complexity index is 483. The largest absolute Gasteiger partial charge is 0.294 e. The molecule has 1 heterocycles. The molecule has 2 amide bonds. The minimum atomic E-state index is -3.56. The number of carbonyl (C=O) groups is 2. The Morgan fingerprint density at radius 2 is 1.85 bits per heavy atom. The second-order valence-corrected chi connectivity index (χ2v) is 7.63. The van der Waals surface area contributed by atoms with Crippen molar-refractivity contribution in [2.45, 2.75) is 51.5 Å². The molecular weight excluding hydrogens is 280 g/mol. The van der Waals surface area contributed by atoms with Gasteiger partial charge < -0.3 is 0 Å². The molecule has 1 saturated heterocycles. The van der Waals surface area contributed by atoms with E-state index in [0.717, 1.165) is 30.0 Å². The Morgan fingerprint density at radius 1 is 1.20 bits per heavy atom. The number of amides is 2. The Labute approximate surface area is 120 Å². The topological polar surface area (TPSA) is 83.6 Å². The summed E-state index contributed by atoms with van der Waals surface area (Å²) in [5.41, 5.74) is 0. The van der Waals surface area contributed by atoms with Crippen LogP contribution in [0.5, 0.6) is 0 Å². The van der Waals surface area contributed by atoms with Gasteiger partial charge in [-0.2, -0.15) is 4.31 Å². The highest BCUT2D eigenvalue weighted by atomic mass is 32.2. The second-order valence-electron chi connectivity index (χ2n) is 5.66. The van der Waals surface area contributed by atoms with Crippen LogP contribution in [0, 0.1) is 5.92 Å². The second kappa shape index (κ2) is 6.22. The number of nitrogens with one attached hydrogen (secondary N) is 1. The summed E-state index contributed by atoms with van der Waals surface area (Å²) in [6.45, 7) is 1.52. The van der Waals surface area contributed by atoms with E-state index in [0.29, 0.717) is 6.42 Å². The van der Waals surface area contributed by atoms with Gasteiger partial charge in [0.2, 0.25) is 21.8 Å². The highest BCUT2D eigenvalue weighted by Crippen LogP contribution is 2.27. The van der Waals surface area contributed by atoms with E-state index in [9.17, 15) is 18.0 Å².